The third kappa shape index (κ3) is 5.39. The van der Waals surface area contributed by atoms with Gasteiger partial charge in [-0.3, -0.25) is 4.79 Å². The molecule has 1 heterocycles. The van der Waals surface area contributed by atoms with E-state index < -0.39 is 0 Å². The highest BCUT2D eigenvalue weighted by Crippen LogP contribution is 2.19. The van der Waals surface area contributed by atoms with Crippen LogP contribution in [0.5, 0.6) is 0 Å². The van der Waals surface area contributed by atoms with Crippen molar-refractivity contribution in [3.05, 3.63) is 35.6 Å². The van der Waals surface area contributed by atoms with Crippen molar-refractivity contribution in [1.82, 2.24) is 10.6 Å². The van der Waals surface area contributed by atoms with E-state index in [2.05, 4.69) is 10.6 Å². The summed E-state index contributed by atoms with van der Waals surface area (Å²) in [6.07, 6.45) is 3.75. The van der Waals surface area contributed by atoms with Crippen molar-refractivity contribution in [1.29, 1.82) is 0 Å². The molecule has 5 heteroatoms. The molecule has 0 aliphatic carbocycles. The van der Waals surface area contributed by atoms with Gasteiger partial charge in [0.15, 0.2) is 0 Å². The normalized spacial score (nSPS) is 17.2. The molecule has 4 nitrogen and oxygen atoms in total. The lowest BCUT2D eigenvalue weighted by molar-refractivity contribution is -0.122. The van der Waals surface area contributed by atoms with Gasteiger partial charge in [0.25, 0.3) is 0 Å². The van der Waals surface area contributed by atoms with E-state index in [-0.39, 0.29) is 17.8 Å². The van der Waals surface area contributed by atoms with Gasteiger partial charge in [-0.2, -0.15) is 0 Å². The topological polar surface area (TPSA) is 50.4 Å². The number of ether oxygens (including phenoxy) is 1. The molecule has 1 saturated heterocycles. The number of rotatable bonds is 7. The summed E-state index contributed by atoms with van der Waals surface area (Å²) in [6.45, 7) is 2.48. The fourth-order valence-corrected chi connectivity index (χ4v) is 2.86. The number of hydrogen-bond acceptors (Lipinski definition) is 3. The number of carbonyl (C=O) groups is 1. The summed E-state index contributed by atoms with van der Waals surface area (Å²) in [5.41, 5.74) is 0.860. The molecular weight excluding hydrogens is 283 g/mol. The van der Waals surface area contributed by atoms with Gasteiger partial charge in [-0.1, -0.05) is 12.1 Å². The number of carbonyl (C=O) groups excluding carboxylic acids is 1. The Bertz CT molecular complexity index is 458. The minimum Gasteiger partial charge on any atom is -0.382 e. The number of benzene rings is 1. The first kappa shape index (κ1) is 16.9. The third-order valence-corrected chi connectivity index (χ3v) is 4.18. The van der Waals surface area contributed by atoms with E-state index in [1.54, 1.807) is 19.2 Å². The summed E-state index contributed by atoms with van der Waals surface area (Å²) in [5.74, 6) is 0.390. The lowest BCUT2D eigenvalue weighted by atomic mass is 9.93. The molecule has 0 saturated carbocycles. The molecule has 1 amide bonds. The Morgan fingerprint density at radius 1 is 1.36 bits per heavy atom. The zero-order chi connectivity index (χ0) is 15.8. The first-order valence-electron chi connectivity index (χ1n) is 7.93. The summed E-state index contributed by atoms with van der Waals surface area (Å²) < 4.78 is 18.2. The molecule has 1 unspecified atom stereocenters. The van der Waals surface area contributed by atoms with Crippen LogP contribution in [0.4, 0.5) is 4.39 Å². The van der Waals surface area contributed by atoms with Crippen LogP contribution < -0.4 is 10.6 Å². The van der Waals surface area contributed by atoms with E-state index in [0.717, 1.165) is 37.9 Å². The van der Waals surface area contributed by atoms with Gasteiger partial charge < -0.3 is 15.4 Å². The van der Waals surface area contributed by atoms with Crippen molar-refractivity contribution >= 4 is 5.91 Å². The Hall–Kier alpha value is -1.46. The lowest BCUT2D eigenvalue weighted by Crippen LogP contribution is -2.32. The zero-order valence-electron chi connectivity index (χ0n) is 13.1. The monoisotopic (exact) mass is 308 g/mol. The minimum atomic E-state index is -0.280. The number of hydrogen-bond donors (Lipinski definition) is 2. The van der Waals surface area contributed by atoms with Gasteiger partial charge in [0.05, 0.1) is 12.6 Å². The summed E-state index contributed by atoms with van der Waals surface area (Å²) in [4.78, 5) is 12.2. The highest BCUT2D eigenvalue weighted by molar-refractivity contribution is 5.76. The molecular formula is C17H25FN2O2. The molecule has 1 aliphatic rings. The molecule has 0 bridgehead atoms. The van der Waals surface area contributed by atoms with E-state index in [1.807, 2.05) is 0 Å². The Kier molecular flexibility index (Phi) is 6.80. The molecule has 1 aromatic carbocycles. The number of nitrogens with one attached hydrogen (secondary N) is 2. The predicted octanol–water partition coefficient (Wildman–Crippen LogP) is 2.41. The molecule has 122 valence electrons. The first-order valence-corrected chi connectivity index (χ1v) is 7.93. The van der Waals surface area contributed by atoms with Crippen LogP contribution in [-0.2, 0) is 9.53 Å². The van der Waals surface area contributed by atoms with Crippen molar-refractivity contribution in [3.63, 3.8) is 0 Å². The molecule has 2 rings (SSSR count). The van der Waals surface area contributed by atoms with Crippen LogP contribution >= 0.6 is 0 Å². The second-order valence-corrected chi connectivity index (χ2v) is 5.86. The molecule has 1 fully saturated rings. The number of piperidine rings is 1. The van der Waals surface area contributed by atoms with E-state index in [0.29, 0.717) is 18.9 Å². The number of amides is 1. The Morgan fingerprint density at radius 2 is 2.05 bits per heavy atom. The smallest absolute Gasteiger partial charge is 0.220 e. The van der Waals surface area contributed by atoms with E-state index in [4.69, 9.17) is 4.74 Å². The van der Waals surface area contributed by atoms with Crippen molar-refractivity contribution in [2.45, 2.75) is 31.7 Å². The molecule has 2 N–H and O–H groups in total. The highest BCUT2D eigenvalue weighted by atomic mass is 19.1. The fraction of sp³-hybridized carbons (Fsp3) is 0.588. The highest BCUT2D eigenvalue weighted by Gasteiger charge is 2.17. The number of methoxy groups -OCH3 is 1. The maximum atomic E-state index is 13.0. The maximum absolute atomic E-state index is 13.0. The SMILES string of the molecule is COCC(NC(=O)CCC1CCNCC1)c1ccc(F)cc1. The molecule has 0 aromatic heterocycles. The van der Waals surface area contributed by atoms with Gasteiger partial charge in [-0.15, -0.1) is 0 Å². The molecule has 1 aliphatic heterocycles. The van der Waals surface area contributed by atoms with Gasteiger partial charge in [0, 0.05) is 13.5 Å². The van der Waals surface area contributed by atoms with Crippen LogP contribution in [0.3, 0.4) is 0 Å². The van der Waals surface area contributed by atoms with E-state index in [1.165, 1.54) is 12.1 Å². The molecule has 1 atom stereocenters. The van der Waals surface area contributed by atoms with Crippen LogP contribution in [-0.4, -0.2) is 32.7 Å². The van der Waals surface area contributed by atoms with Gasteiger partial charge in [0.2, 0.25) is 5.91 Å². The average Bonchev–Trinajstić information content (AvgIpc) is 2.54. The van der Waals surface area contributed by atoms with Gasteiger partial charge >= 0.3 is 0 Å². The van der Waals surface area contributed by atoms with Crippen molar-refractivity contribution in [3.8, 4) is 0 Å². The average molecular weight is 308 g/mol. The first-order chi connectivity index (χ1) is 10.7. The van der Waals surface area contributed by atoms with Gasteiger partial charge in [0.1, 0.15) is 5.82 Å². The predicted molar refractivity (Wildman–Crippen MR) is 84.0 cm³/mol. The molecule has 0 spiro atoms. The van der Waals surface area contributed by atoms with Crippen LogP contribution in [0.15, 0.2) is 24.3 Å². The second-order valence-electron chi connectivity index (χ2n) is 5.86. The summed E-state index contributed by atoms with van der Waals surface area (Å²) >= 11 is 0. The number of halogens is 1. The Balaban J connectivity index is 1.84. The summed E-state index contributed by atoms with van der Waals surface area (Å²) in [6, 6.07) is 5.95. The minimum absolute atomic E-state index is 0.0323. The lowest BCUT2D eigenvalue weighted by Gasteiger charge is -2.23. The zero-order valence-corrected chi connectivity index (χ0v) is 13.1. The van der Waals surface area contributed by atoms with Crippen molar-refractivity contribution < 1.29 is 13.9 Å². The van der Waals surface area contributed by atoms with Crippen LogP contribution in [0.25, 0.3) is 0 Å². The third-order valence-electron chi connectivity index (χ3n) is 4.18. The second kappa shape index (κ2) is 8.86. The quantitative estimate of drug-likeness (QED) is 0.813. The maximum Gasteiger partial charge on any atom is 0.220 e. The van der Waals surface area contributed by atoms with Crippen LogP contribution in [0, 0.1) is 11.7 Å². The largest absolute Gasteiger partial charge is 0.382 e. The van der Waals surface area contributed by atoms with Crippen molar-refractivity contribution in [2.75, 3.05) is 26.8 Å². The Labute approximate surface area is 131 Å². The summed E-state index contributed by atoms with van der Waals surface area (Å²) in [5, 5.41) is 6.32. The summed E-state index contributed by atoms with van der Waals surface area (Å²) in [7, 11) is 1.59. The molecule has 1 aromatic rings. The van der Waals surface area contributed by atoms with Crippen molar-refractivity contribution in [2.24, 2.45) is 5.92 Å². The Morgan fingerprint density at radius 3 is 2.68 bits per heavy atom. The standard InChI is InChI=1S/C17H25FN2O2/c1-22-12-16(14-3-5-15(18)6-4-14)20-17(21)7-2-13-8-10-19-11-9-13/h3-6,13,16,19H,2,7-12H2,1H3,(H,20,21). The fourth-order valence-electron chi connectivity index (χ4n) is 2.86. The molecule has 22 heavy (non-hydrogen) atoms. The van der Waals surface area contributed by atoms with E-state index >= 15 is 0 Å². The van der Waals surface area contributed by atoms with E-state index in [9.17, 15) is 9.18 Å². The molecule has 0 radical (unpaired) electrons. The van der Waals surface area contributed by atoms with Crippen LogP contribution in [0.2, 0.25) is 0 Å². The van der Waals surface area contributed by atoms with Gasteiger partial charge in [-0.25, -0.2) is 4.39 Å². The van der Waals surface area contributed by atoms with Gasteiger partial charge in [-0.05, 0) is 56.0 Å². The van der Waals surface area contributed by atoms with Crippen LogP contribution in [0.1, 0.15) is 37.3 Å².